The van der Waals surface area contributed by atoms with Crippen molar-refractivity contribution in [2.24, 2.45) is 0 Å². The monoisotopic (exact) mass is 452 g/mol. The number of rotatable bonds is 9. The van der Waals surface area contributed by atoms with E-state index in [1.54, 1.807) is 30.3 Å². The van der Waals surface area contributed by atoms with Crippen molar-refractivity contribution in [1.29, 1.82) is 0 Å². The molecule has 0 fully saturated rings. The van der Waals surface area contributed by atoms with Gasteiger partial charge in [0.15, 0.2) is 0 Å². The molecule has 0 radical (unpaired) electrons. The predicted octanol–water partition coefficient (Wildman–Crippen LogP) is 4.12. The number of amides is 1. The van der Waals surface area contributed by atoms with Gasteiger partial charge in [-0.15, -0.1) is 0 Å². The van der Waals surface area contributed by atoms with E-state index in [2.05, 4.69) is 5.32 Å². The molecule has 0 unspecified atom stereocenters. The molecule has 0 aliphatic heterocycles. The molecule has 7 heteroatoms. The predicted molar refractivity (Wildman–Crippen MR) is 127 cm³/mol. The number of carbonyl (C=O) groups is 1. The largest absolute Gasteiger partial charge is 0.495 e. The summed E-state index contributed by atoms with van der Waals surface area (Å²) in [6.07, 6.45) is 0. The summed E-state index contributed by atoms with van der Waals surface area (Å²) >= 11 is 0. The number of ether oxygens (including phenoxy) is 1. The number of hydrogen-bond donors (Lipinski definition) is 1. The Morgan fingerprint density at radius 3 is 2.25 bits per heavy atom. The maximum Gasteiger partial charge on any atom is 0.264 e. The maximum absolute atomic E-state index is 13.5. The summed E-state index contributed by atoms with van der Waals surface area (Å²) in [5.41, 5.74) is 2.27. The van der Waals surface area contributed by atoms with Crippen molar-refractivity contribution in [2.75, 3.05) is 24.5 Å². The molecular weight excluding hydrogens is 424 g/mol. The Hall–Kier alpha value is -3.32. The molecule has 0 aliphatic carbocycles. The average molecular weight is 453 g/mol. The van der Waals surface area contributed by atoms with Crippen LogP contribution < -0.4 is 14.4 Å². The van der Waals surface area contributed by atoms with Crippen LogP contribution in [0.2, 0.25) is 0 Å². The second kappa shape index (κ2) is 10.3. The van der Waals surface area contributed by atoms with E-state index in [0.717, 1.165) is 15.4 Å². The van der Waals surface area contributed by atoms with E-state index in [0.29, 0.717) is 18.0 Å². The summed E-state index contributed by atoms with van der Waals surface area (Å²) < 4.78 is 33.5. The first-order chi connectivity index (χ1) is 15.3. The third-order valence-electron chi connectivity index (χ3n) is 5.20. The van der Waals surface area contributed by atoms with Gasteiger partial charge < -0.3 is 10.1 Å². The molecule has 3 aromatic rings. The van der Waals surface area contributed by atoms with E-state index >= 15 is 0 Å². The zero-order valence-corrected chi connectivity index (χ0v) is 19.3. The summed E-state index contributed by atoms with van der Waals surface area (Å²) in [5.74, 6) is 0.0734. The summed E-state index contributed by atoms with van der Waals surface area (Å²) in [4.78, 5) is 13.0. The van der Waals surface area contributed by atoms with Gasteiger partial charge in [-0.05, 0) is 48.2 Å². The second-order valence-electron chi connectivity index (χ2n) is 7.62. The molecule has 0 aliphatic rings. The van der Waals surface area contributed by atoms with Gasteiger partial charge in [-0.25, -0.2) is 8.42 Å². The van der Waals surface area contributed by atoms with Gasteiger partial charge in [-0.2, -0.15) is 0 Å². The highest BCUT2D eigenvalue weighted by molar-refractivity contribution is 7.92. The van der Waals surface area contributed by atoms with Crippen LogP contribution in [-0.4, -0.2) is 34.5 Å². The number of aryl methyl sites for hydroxylation is 1. The molecule has 0 spiro atoms. The van der Waals surface area contributed by atoms with E-state index in [1.807, 2.05) is 50.2 Å². The fourth-order valence-corrected chi connectivity index (χ4v) is 4.81. The fraction of sp³-hybridized carbons (Fsp3) is 0.240. The van der Waals surface area contributed by atoms with Crippen molar-refractivity contribution in [2.45, 2.75) is 24.7 Å². The number of nitrogens with zero attached hydrogens (tertiary/aromatic N) is 1. The third kappa shape index (κ3) is 5.48. The van der Waals surface area contributed by atoms with E-state index in [4.69, 9.17) is 4.74 Å². The number of methoxy groups -OCH3 is 1. The summed E-state index contributed by atoms with van der Waals surface area (Å²) in [6.45, 7) is 3.90. The standard InChI is InChI=1S/C25H28N2O4S/c1-19-14-15-24(31-3)23(16-19)27(32(29,30)22-12-8-5-9-13-22)18-25(28)26-17-20(2)21-10-6-4-7-11-21/h4-16,20H,17-18H2,1-3H3,(H,26,28)/t20-/m0/s1. The lowest BCUT2D eigenvalue weighted by Gasteiger charge is -2.26. The zero-order valence-electron chi connectivity index (χ0n) is 18.5. The topological polar surface area (TPSA) is 75.7 Å². The highest BCUT2D eigenvalue weighted by Crippen LogP contribution is 2.33. The van der Waals surface area contributed by atoms with Crippen LogP contribution in [0.4, 0.5) is 5.69 Å². The highest BCUT2D eigenvalue weighted by atomic mass is 32.2. The number of hydrogen-bond acceptors (Lipinski definition) is 4. The molecule has 0 bridgehead atoms. The Labute approximate surface area is 189 Å². The molecule has 0 heterocycles. The Morgan fingerprint density at radius 2 is 1.62 bits per heavy atom. The lowest BCUT2D eigenvalue weighted by Crippen LogP contribution is -2.42. The molecule has 168 valence electrons. The molecule has 6 nitrogen and oxygen atoms in total. The van der Waals surface area contributed by atoms with Gasteiger partial charge in [0, 0.05) is 6.54 Å². The first kappa shape index (κ1) is 23.3. The Kier molecular flexibility index (Phi) is 7.53. The van der Waals surface area contributed by atoms with Gasteiger partial charge in [0.25, 0.3) is 10.0 Å². The molecule has 1 amide bonds. The van der Waals surface area contributed by atoms with Crippen LogP contribution in [0.3, 0.4) is 0 Å². The smallest absolute Gasteiger partial charge is 0.264 e. The van der Waals surface area contributed by atoms with Crippen molar-refractivity contribution < 1.29 is 17.9 Å². The highest BCUT2D eigenvalue weighted by Gasteiger charge is 2.29. The molecule has 32 heavy (non-hydrogen) atoms. The quantitative estimate of drug-likeness (QED) is 0.530. The number of benzene rings is 3. The molecule has 0 saturated heterocycles. The Morgan fingerprint density at radius 1 is 1.00 bits per heavy atom. The second-order valence-corrected chi connectivity index (χ2v) is 9.48. The van der Waals surface area contributed by atoms with Crippen LogP contribution in [0.5, 0.6) is 5.75 Å². The van der Waals surface area contributed by atoms with E-state index in [-0.39, 0.29) is 17.4 Å². The minimum atomic E-state index is -4.00. The lowest BCUT2D eigenvalue weighted by molar-refractivity contribution is -0.119. The van der Waals surface area contributed by atoms with Crippen molar-refractivity contribution in [3.63, 3.8) is 0 Å². The number of anilines is 1. The van der Waals surface area contributed by atoms with Crippen molar-refractivity contribution in [3.8, 4) is 5.75 Å². The SMILES string of the molecule is COc1ccc(C)cc1N(CC(=O)NC[C@H](C)c1ccccc1)S(=O)(=O)c1ccccc1. The molecule has 1 atom stereocenters. The first-order valence-electron chi connectivity index (χ1n) is 10.4. The number of nitrogens with one attached hydrogen (secondary N) is 1. The summed E-state index contributed by atoms with van der Waals surface area (Å²) in [7, 11) is -2.52. The lowest BCUT2D eigenvalue weighted by atomic mass is 10.0. The van der Waals surface area contributed by atoms with Gasteiger partial charge in [0.2, 0.25) is 5.91 Å². The molecule has 3 rings (SSSR count). The summed E-state index contributed by atoms with van der Waals surface area (Å²) in [5, 5.41) is 2.87. The molecule has 1 N–H and O–H groups in total. The third-order valence-corrected chi connectivity index (χ3v) is 6.97. The van der Waals surface area contributed by atoms with Gasteiger partial charge in [-0.1, -0.05) is 61.5 Å². The average Bonchev–Trinajstić information content (AvgIpc) is 2.82. The van der Waals surface area contributed by atoms with Crippen molar-refractivity contribution in [1.82, 2.24) is 5.32 Å². The van der Waals surface area contributed by atoms with Crippen LogP contribution in [-0.2, 0) is 14.8 Å². The molecular formula is C25H28N2O4S. The van der Waals surface area contributed by atoms with Crippen LogP contribution >= 0.6 is 0 Å². The van der Waals surface area contributed by atoms with E-state index in [1.165, 1.54) is 19.2 Å². The summed E-state index contributed by atoms with van der Waals surface area (Å²) in [6, 6.07) is 23.2. The van der Waals surface area contributed by atoms with Gasteiger partial charge in [0.05, 0.1) is 17.7 Å². The van der Waals surface area contributed by atoms with E-state index in [9.17, 15) is 13.2 Å². The van der Waals surface area contributed by atoms with Crippen LogP contribution in [0.15, 0.2) is 83.8 Å². The van der Waals surface area contributed by atoms with Gasteiger partial charge in [0.1, 0.15) is 12.3 Å². The normalized spacial score (nSPS) is 12.1. The van der Waals surface area contributed by atoms with Crippen LogP contribution in [0.1, 0.15) is 24.0 Å². The molecule has 0 saturated carbocycles. The minimum Gasteiger partial charge on any atom is -0.495 e. The van der Waals surface area contributed by atoms with E-state index < -0.39 is 15.9 Å². The zero-order chi connectivity index (χ0) is 23.1. The van der Waals surface area contributed by atoms with Gasteiger partial charge >= 0.3 is 0 Å². The Bertz CT molecular complexity index is 1150. The van der Waals surface area contributed by atoms with Crippen LogP contribution in [0.25, 0.3) is 0 Å². The first-order valence-corrected chi connectivity index (χ1v) is 11.8. The minimum absolute atomic E-state index is 0.0906. The molecule has 3 aromatic carbocycles. The fourth-order valence-electron chi connectivity index (χ4n) is 3.37. The number of carbonyl (C=O) groups excluding carboxylic acids is 1. The van der Waals surface area contributed by atoms with Crippen LogP contribution in [0, 0.1) is 6.92 Å². The Balaban J connectivity index is 1.88. The van der Waals surface area contributed by atoms with Crippen molar-refractivity contribution in [3.05, 3.63) is 90.0 Å². The number of sulfonamides is 1. The van der Waals surface area contributed by atoms with Gasteiger partial charge in [-0.3, -0.25) is 9.10 Å². The molecule has 0 aromatic heterocycles. The van der Waals surface area contributed by atoms with Crippen molar-refractivity contribution >= 4 is 21.6 Å². The maximum atomic E-state index is 13.5.